The van der Waals surface area contributed by atoms with Gasteiger partial charge in [0.25, 0.3) is 5.91 Å². The second-order valence-corrected chi connectivity index (χ2v) is 6.29. The van der Waals surface area contributed by atoms with Gasteiger partial charge in [0.1, 0.15) is 6.54 Å². The lowest BCUT2D eigenvalue weighted by atomic mass is 10.2. The summed E-state index contributed by atoms with van der Waals surface area (Å²) in [5.41, 5.74) is 0.935. The molecule has 7 heteroatoms. The lowest BCUT2D eigenvalue weighted by molar-refractivity contribution is -0.159. The van der Waals surface area contributed by atoms with E-state index in [0.717, 1.165) is 25.7 Å². The lowest BCUT2D eigenvalue weighted by Gasteiger charge is -2.24. The Morgan fingerprint density at radius 3 is 2.56 bits per heavy atom. The molecule has 1 aromatic heterocycles. The number of rotatable bonds is 4. The van der Waals surface area contributed by atoms with Gasteiger partial charge in [-0.2, -0.15) is 0 Å². The van der Waals surface area contributed by atoms with Gasteiger partial charge in [-0.05, 0) is 31.9 Å². The quantitative estimate of drug-likeness (QED) is 0.790. The Balaban J connectivity index is 1.64. The van der Waals surface area contributed by atoms with Gasteiger partial charge in [0, 0.05) is 13.1 Å². The van der Waals surface area contributed by atoms with Crippen LogP contribution in [-0.2, 0) is 20.9 Å². The Bertz CT molecular complexity index is 814. The summed E-state index contributed by atoms with van der Waals surface area (Å²) in [6.07, 6.45) is 3.33. The average molecular weight is 346 g/mol. The first-order valence-electron chi connectivity index (χ1n) is 8.63. The van der Waals surface area contributed by atoms with Crippen molar-refractivity contribution >= 4 is 23.0 Å². The van der Waals surface area contributed by atoms with Crippen LogP contribution in [0.15, 0.2) is 33.5 Å². The van der Waals surface area contributed by atoms with Crippen LogP contribution in [-0.4, -0.2) is 40.5 Å². The van der Waals surface area contributed by atoms with Gasteiger partial charge < -0.3 is 14.1 Å². The molecule has 1 aliphatic heterocycles. The molecule has 1 atom stereocenters. The van der Waals surface area contributed by atoms with Crippen molar-refractivity contribution in [3.63, 3.8) is 0 Å². The van der Waals surface area contributed by atoms with Gasteiger partial charge in [-0.3, -0.25) is 14.2 Å². The predicted molar refractivity (Wildman–Crippen MR) is 91.1 cm³/mol. The molecule has 1 aliphatic rings. The van der Waals surface area contributed by atoms with Crippen LogP contribution in [0.3, 0.4) is 0 Å². The van der Waals surface area contributed by atoms with Crippen LogP contribution in [0.4, 0.5) is 0 Å². The monoisotopic (exact) mass is 346 g/mol. The summed E-state index contributed by atoms with van der Waals surface area (Å²) in [5.74, 6) is -1.44. The summed E-state index contributed by atoms with van der Waals surface area (Å²) in [6.45, 7) is 2.69. The standard InChI is InChI=1S/C18H22N2O5/c1-13(17(22)19-10-6-2-3-7-11-19)24-16(21)12-20-14-8-4-5-9-15(14)25-18(20)23/h4-5,8-9,13H,2-3,6-7,10-12H2,1H3/t13-/m0/s1. The van der Waals surface area contributed by atoms with Crippen molar-refractivity contribution in [2.75, 3.05) is 13.1 Å². The first-order valence-corrected chi connectivity index (χ1v) is 8.63. The predicted octanol–water partition coefficient (Wildman–Crippen LogP) is 1.93. The highest BCUT2D eigenvalue weighted by Gasteiger charge is 2.25. The number of hydrogen-bond acceptors (Lipinski definition) is 5. The molecule has 1 fully saturated rings. The van der Waals surface area contributed by atoms with Crippen molar-refractivity contribution < 1.29 is 18.7 Å². The molecule has 0 radical (unpaired) electrons. The van der Waals surface area contributed by atoms with Crippen LogP contribution in [0.2, 0.25) is 0 Å². The van der Waals surface area contributed by atoms with Gasteiger partial charge in [-0.25, -0.2) is 4.79 Å². The molecular weight excluding hydrogens is 324 g/mol. The molecule has 1 aromatic carbocycles. The summed E-state index contributed by atoms with van der Waals surface area (Å²) < 4.78 is 11.5. The molecule has 0 bridgehead atoms. The largest absolute Gasteiger partial charge is 0.451 e. The van der Waals surface area contributed by atoms with E-state index in [1.165, 1.54) is 4.57 Å². The fourth-order valence-corrected chi connectivity index (χ4v) is 3.13. The normalized spacial score (nSPS) is 16.4. The van der Waals surface area contributed by atoms with E-state index in [9.17, 15) is 14.4 Å². The third-order valence-corrected chi connectivity index (χ3v) is 4.43. The first kappa shape index (κ1) is 17.3. The van der Waals surface area contributed by atoms with Crippen molar-refractivity contribution in [2.24, 2.45) is 0 Å². The van der Waals surface area contributed by atoms with Gasteiger partial charge >= 0.3 is 11.7 Å². The van der Waals surface area contributed by atoms with Crippen molar-refractivity contribution in [1.82, 2.24) is 9.47 Å². The molecule has 0 unspecified atom stereocenters. The second-order valence-electron chi connectivity index (χ2n) is 6.29. The van der Waals surface area contributed by atoms with Crippen molar-refractivity contribution in [3.05, 3.63) is 34.8 Å². The maximum absolute atomic E-state index is 12.4. The second kappa shape index (κ2) is 7.55. The maximum Gasteiger partial charge on any atom is 0.420 e. The fraction of sp³-hybridized carbons (Fsp3) is 0.500. The third kappa shape index (κ3) is 3.92. The smallest absolute Gasteiger partial charge is 0.420 e. The molecule has 134 valence electrons. The molecule has 1 saturated heterocycles. The fourth-order valence-electron chi connectivity index (χ4n) is 3.13. The Hall–Kier alpha value is -2.57. The number of hydrogen-bond donors (Lipinski definition) is 0. The van der Waals surface area contributed by atoms with E-state index in [1.54, 1.807) is 36.1 Å². The van der Waals surface area contributed by atoms with Gasteiger partial charge in [-0.1, -0.05) is 25.0 Å². The van der Waals surface area contributed by atoms with Crippen LogP contribution in [0.5, 0.6) is 0 Å². The van der Waals surface area contributed by atoms with E-state index >= 15 is 0 Å². The van der Waals surface area contributed by atoms with E-state index in [4.69, 9.17) is 9.15 Å². The number of para-hydroxylation sites is 2. The van der Waals surface area contributed by atoms with E-state index in [2.05, 4.69) is 0 Å². The van der Waals surface area contributed by atoms with Gasteiger partial charge in [-0.15, -0.1) is 0 Å². The van der Waals surface area contributed by atoms with Gasteiger partial charge in [0.05, 0.1) is 5.52 Å². The summed E-state index contributed by atoms with van der Waals surface area (Å²) >= 11 is 0. The molecule has 0 spiro atoms. The average Bonchev–Trinajstić information content (AvgIpc) is 2.79. The number of nitrogens with zero attached hydrogens (tertiary/aromatic N) is 2. The molecule has 1 amide bonds. The summed E-state index contributed by atoms with van der Waals surface area (Å²) in [4.78, 5) is 38.3. The molecule has 25 heavy (non-hydrogen) atoms. The van der Waals surface area contributed by atoms with Crippen LogP contribution in [0.25, 0.3) is 11.1 Å². The number of amides is 1. The molecule has 0 saturated carbocycles. The Morgan fingerprint density at radius 1 is 1.16 bits per heavy atom. The van der Waals surface area contributed by atoms with E-state index < -0.39 is 17.8 Å². The highest BCUT2D eigenvalue weighted by atomic mass is 16.5. The Kier molecular flexibility index (Phi) is 5.21. The highest BCUT2D eigenvalue weighted by molar-refractivity contribution is 5.84. The zero-order valence-electron chi connectivity index (χ0n) is 14.3. The number of fused-ring (bicyclic) bond motifs is 1. The molecule has 0 N–H and O–H groups in total. The minimum atomic E-state index is -0.862. The van der Waals surface area contributed by atoms with E-state index in [1.807, 2.05) is 0 Å². The summed E-state index contributed by atoms with van der Waals surface area (Å²) in [7, 11) is 0. The SMILES string of the molecule is C[C@H](OC(=O)Cn1c(=O)oc2ccccc21)C(=O)N1CCCCCC1. The van der Waals surface area contributed by atoms with E-state index in [-0.39, 0.29) is 12.5 Å². The summed E-state index contributed by atoms with van der Waals surface area (Å²) in [5, 5.41) is 0. The van der Waals surface area contributed by atoms with Gasteiger partial charge in [0.2, 0.25) is 0 Å². The molecule has 0 aliphatic carbocycles. The number of oxazole rings is 1. The van der Waals surface area contributed by atoms with Gasteiger partial charge in [0.15, 0.2) is 11.7 Å². The lowest BCUT2D eigenvalue weighted by Crippen LogP contribution is -2.41. The number of benzene rings is 1. The minimum Gasteiger partial charge on any atom is -0.451 e. The van der Waals surface area contributed by atoms with Crippen LogP contribution in [0.1, 0.15) is 32.6 Å². The Morgan fingerprint density at radius 2 is 1.84 bits per heavy atom. The number of carbonyl (C=O) groups is 2. The number of esters is 1. The molecule has 2 heterocycles. The maximum atomic E-state index is 12.4. The van der Waals surface area contributed by atoms with Crippen molar-refractivity contribution in [2.45, 2.75) is 45.3 Å². The van der Waals surface area contributed by atoms with Crippen LogP contribution < -0.4 is 5.76 Å². The highest BCUT2D eigenvalue weighted by Crippen LogP contribution is 2.13. The Labute approximate surface area is 145 Å². The zero-order chi connectivity index (χ0) is 17.8. The topological polar surface area (TPSA) is 81.7 Å². The number of carbonyl (C=O) groups excluding carboxylic acids is 2. The minimum absolute atomic E-state index is 0.181. The molecular formula is C18H22N2O5. The summed E-state index contributed by atoms with van der Waals surface area (Å²) in [6, 6.07) is 6.85. The number of ether oxygens (including phenoxy) is 1. The number of likely N-dealkylation sites (tertiary alicyclic amines) is 1. The number of aromatic nitrogens is 1. The van der Waals surface area contributed by atoms with Crippen LogP contribution in [0, 0.1) is 0 Å². The van der Waals surface area contributed by atoms with Crippen molar-refractivity contribution in [1.29, 1.82) is 0 Å². The molecule has 2 aromatic rings. The third-order valence-electron chi connectivity index (χ3n) is 4.43. The zero-order valence-corrected chi connectivity index (χ0v) is 14.3. The first-order chi connectivity index (χ1) is 12.1. The van der Waals surface area contributed by atoms with Crippen LogP contribution >= 0.6 is 0 Å². The van der Waals surface area contributed by atoms with E-state index in [0.29, 0.717) is 24.2 Å². The van der Waals surface area contributed by atoms with Crippen molar-refractivity contribution in [3.8, 4) is 0 Å². The molecule has 7 nitrogen and oxygen atoms in total. The molecule has 3 rings (SSSR count).